The highest BCUT2D eigenvalue weighted by atomic mass is 31.2. The van der Waals surface area contributed by atoms with Gasteiger partial charge in [-0.3, -0.25) is 4.57 Å². The third-order valence-electron chi connectivity index (χ3n) is 6.51. The Morgan fingerprint density at radius 1 is 0.727 bits per heavy atom. The molecule has 0 spiro atoms. The van der Waals surface area contributed by atoms with Gasteiger partial charge in [-0.25, -0.2) is 0 Å². The molecule has 0 saturated carbocycles. The first kappa shape index (κ1) is 32.8. The summed E-state index contributed by atoms with van der Waals surface area (Å²) in [7, 11) is 2.36. The van der Waals surface area contributed by atoms with E-state index in [0.29, 0.717) is 17.5 Å². The third kappa shape index (κ3) is 19.8. The second kappa shape index (κ2) is 21.2. The van der Waals surface area contributed by atoms with Crippen molar-refractivity contribution in [1.29, 1.82) is 0 Å². The van der Waals surface area contributed by atoms with Gasteiger partial charge in [0.2, 0.25) is 0 Å². The lowest BCUT2D eigenvalue weighted by atomic mass is 10.0. The van der Waals surface area contributed by atoms with Crippen molar-refractivity contribution >= 4 is 7.60 Å². The van der Waals surface area contributed by atoms with Crippen molar-refractivity contribution in [2.45, 2.75) is 142 Å². The van der Waals surface area contributed by atoms with E-state index in [9.17, 15) is 9.46 Å². The summed E-state index contributed by atoms with van der Waals surface area (Å²) in [6, 6.07) is 0. The fourth-order valence-electron chi connectivity index (χ4n) is 4.47. The molecule has 0 bridgehead atoms. The van der Waals surface area contributed by atoms with Gasteiger partial charge in [-0.05, 0) is 32.1 Å². The number of hydrogen-bond acceptors (Lipinski definition) is 2. The maximum absolute atomic E-state index is 12.7. The Morgan fingerprint density at radius 3 is 1.55 bits per heavy atom. The molecule has 2 atom stereocenters. The molecule has 1 N–H and O–H groups in total. The van der Waals surface area contributed by atoms with E-state index in [1.807, 2.05) is 21.1 Å². The molecule has 0 amide bonds. The zero-order valence-corrected chi connectivity index (χ0v) is 23.9. The molecule has 0 aliphatic carbocycles. The lowest BCUT2D eigenvalue weighted by Crippen LogP contribution is -2.45. The van der Waals surface area contributed by atoms with Crippen LogP contribution in [0.3, 0.4) is 0 Å². The van der Waals surface area contributed by atoms with Crippen LogP contribution in [0.15, 0.2) is 12.2 Å². The van der Waals surface area contributed by atoms with Crippen molar-refractivity contribution in [3.63, 3.8) is 0 Å². The highest BCUT2D eigenvalue weighted by Crippen LogP contribution is 2.51. The molecule has 0 aliphatic heterocycles. The maximum atomic E-state index is 12.7. The predicted octanol–water partition coefficient (Wildman–Crippen LogP) is 9.23. The maximum Gasteiger partial charge on any atom is 0.385 e. The number of rotatable bonds is 24. The van der Waals surface area contributed by atoms with E-state index < -0.39 is 7.60 Å². The largest absolute Gasteiger partial charge is 0.385 e. The van der Waals surface area contributed by atoms with Crippen LogP contribution in [0.25, 0.3) is 0 Å². The first-order chi connectivity index (χ1) is 15.8. The van der Waals surface area contributed by atoms with Crippen LogP contribution in [0.2, 0.25) is 0 Å². The fourth-order valence-corrected chi connectivity index (χ4v) is 6.50. The highest BCUT2D eigenvalue weighted by molar-refractivity contribution is 7.53. The van der Waals surface area contributed by atoms with Crippen LogP contribution in [0.5, 0.6) is 0 Å². The van der Waals surface area contributed by atoms with E-state index in [1.165, 1.54) is 96.3 Å². The summed E-state index contributed by atoms with van der Waals surface area (Å²) in [5, 5.41) is 0. The Hall–Kier alpha value is -0.150. The molecule has 0 heterocycles. The van der Waals surface area contributed by atoms with Gasteiger partial charge >= 0.3 is 7.60 Å². The third-order valence-corrected chi connectivity index (χ3v) is 8.77. The molecule has 33 heavy (non-hydrogen) atoms. The smallest absolute Gasteiger partial charge is 0.320 e. The van der Waals surface area contributed by atoms with Crippen molar-refractivity contribution < 1.29 is 18.5 Å². The van der Waals surface area contributed by atoms with E-state index in [0.717, 1.165) is 19.3 Å². The summed E-state index contributed by atoms with van der Waals surface area (Å²) in [6.07, 6.45) is 28.4. The van der Waals surface area contributed by atoms with Crippen LogP contribution in [0, 0.1) is 0 Å². The number of hydrogen-bond donors (Lipinski definition) is 1. The van der Waals surface area contributed by atoms with Gasteiger partial charge in [-0.1, -0.05) is 109 Å². The minimum absolute atomic E-state index is 0.333. The zero-order chi connectivity index (χ0) is 24.8. The monoisotopic (exact) mass is 488 g/mol. The summed E-state index contributed by atoms with van der Waals surface area (Å²) in [5.41, 5.74) is 0. The van der Waals surface area contributed by atoms with E-state index in [2.05, 4.69) is 26.0 Å². The number of quaternary nitrogens is 1. The highest BCUT2D eigenvalue weighted by Gasteiger charge is 2.41. The zero-order valence-electron chi connectivity index (χ0n) is 23.0. The molecular weight excluding hydrogens is 429 g/mol. The second-order valence-corrected chi connectivity index (χ2v) is 12.7. The summed E-state index contributed by atoms with van der Waals surface area (Å²) >= 11 is 0. The van der Waals surface area contributed by atoms with Crippen LogP contribution >= 0.6 is 7.60 Å². The van der Waals surface area contributed by atoms with Crippen molar-refractivity contribution in [2.75, 3.05) is 27.7 Å². The minimum atomic E-state index is -3.56. The average Bonchev–Trinajstić information content (AvgIpc) is 2.75. The molecule has 0 saturated heterocycles. The second-order valence-electron chi connectivity index (χ2n) is 10.8. The molecule has 0 fully saturated rings. The van der Waals surface area contributed by atoms with Crippen molar-refractivity contribution in [2.24, 2.45) is 0 Å². The summed E-state index contributed by atoms with van der Waals surface area (Å²) < 4.78 is 18.6. The van der Waals surface area contributed by atoms with Crippen molar-refractivity contribution in [3.8, 4) is 0 Å². The Balaban J connectivity index is 3.46. The van der Waals surface area contributed by atoms with Gasteiger partial charge in [-0.2, -0.15) is 0 Å². The molecule has 0 aromatic heterocycles. The molecule has 198 valence electrons. The number of allylic oxidation sites excluding steroid dienone is 2. The topological polar surface area (TPSA) is 46.5 Å². The summed E-state index contributed by atoms with van der Waals surface area (Å²) in [4.78, 5) is 10.4. The quantitative estimate of drug-likeness (QED) is 0.0637. The molecule has 0 radical (unpaired) electrons. The molecule has 0 aliphatic rings. The van der Waals surface area contributed by atoms with Gasteiger partial charge in [0.1, 0.15) is 0 Å². The summed E-state index contributed by atoms with van der Waals surface area (Å²) in [6.45, 7) is 4.66. The number of unbranched alkanes of at least 4 members (excludes halogenated alkanes) is 15. The van der Waals surface area contributed by atoms with Gasteiger partial charge in [-0.15, -0.1) is 0 Å². The standard InChI is InChI=1S/C28H58NO3P/c1-6-8-9-10-11-12-13-14-15-16-17-18-19-20-21-22-23-24-25-27-32-33(30,31)28(26-7-2)29(3,4)5/h8-9,28H,6-7,10-27H2,1-5H3/p+1/b9-8-. The Kier molecular flexibility index (Phi) is 21.1. The lowest BCUT2D eigenvalue weighted by Gasteiger charge is -2.35. The molecule has 0 aromatic carbocycles. The normalized spacial score (nSPS) is 15.2. The van der Waals surface area contributed by atoms with Crippen LogP contribution < -0.4 is 0 Å². The van der Waals surface area contributed by atoms with Crippen molar-refractivity contribution in [3.05, 3.63) is 12.2 Å². The van der Waals surface area contributed by atoms with Gasteiger partial charge < -0.3 is 13.9 Å². The van der Waals surface area contributed by atoms with Crippen LogP contribution in [0.4, 0.5) is 0 Å². The van der Waals surface area contributed by atoms with Crippen molar-refractivity contribution in [1.82, 2.24) is 0 Å². The van der Waals surface area contributed by atoms with Gasteiger partial charge in [0.25, 0.3) is 0 Å². The van der Waals surface area contributed by atoms with Gasteiger partial charge in [0, 0.05) is 6.42 Å². The van der Waals surface area contributed by atoms with Crippen LogP contribution in [-0.2, 0) is 9.09 Å². The average molecular weight is 489 g/mol. The molecule has 2 unspecified atom stereocenters. The fraction of sp³-hybridized carbons (Fsp3) is 0.929. The van der Waals surface area contributed by atoms with E-state index in [1.54, 1.807) is 0 Å². The first-order valence-corrected chi connectivity index (χ1v) is 15.8. The van der Waals surface area contributed by atoms with E-state index >= 15 is 0 Å². The van der Waals surface area contributed by atoms with E-state index in [-0.39, 0.29) is 5.78 Å². The molecule has 0 rings (SSSR count). The first-order valence-electron chi connectivity index (χ1n) is 14.2. The molecule has 4 nitrogen and oxygen atoms in total. The SMILES string of the molecule is CC/C=C\CCCCCCCCCCCCCCCCCOP(=O)(O)C(CCC)[N+](C)(C)C. The number of nitrogens with zero attached hydrogens (tertiary/aromatic N) is 1. The van der Waals surface area contributed by atoms with E-state index in [4.69, 9.17) is 4.52 Å². The Labute approximate surface area is 207 Å². The molecule has 5 heteroatoms. The Morgan fingerprint density at radius 2 is 1.15 bits per heavy atom. The van der Waals surface area contributed by atoms with Crippen LogP contribution in [-0.4, -0.2) is 42.9 Å². The summed E-state index contributed by atoms with van der Waals surface area (Å²) in [5.74, 6) is -0.333. The Bertz CT molecular complexity index is 502. The van der Waals surface area contributed by atoms with Gasteiger partial charge in [0.15, 0.2) is 5.78 Å². The minimum Gasteiger partial charge on any atom is -0.320 e. The lowest BCUT2D eigenvalue weighted by molar-refractivity contribution is -0.883. The van der Waals surface area contributed by atoms with Gasteiger partial charge in [0.05, 0.1) is 27.7 Å². The predicted molar refractivity (Wildman–Crippen MR) is 146 cm³/mol. The van der Waals surface area contributed by atoms with Crippen LogP contribution in [0.1, 0.15) is 136 Å². The molecular formula is C28H59NO3P+. The molecule has 0 aromatic rings.